The second kappa shape index (κ2) is 6.70. The maximum atomic E-state index is 12.2. The zero-order valence-electron chi connectivity index (χ0n) is 13.0. The Morgan fingerprint density at radius 3 is 2.83 bits per heavy atom. The zero-order chi connectivity index (χ0) is 16.2. The molecule has 2 heterocycles. The molecule has 23 heavy (non-hydrogen) atoms. The molecule has 0 spiro atoms. The van der Waals surface area contributed by atoms with Crippen LogP contribution in [0.4, 0.5) is 5.95 Å². The van der Waals surface area contributed by atoms with Crippen molar-refractivity contribution in [2.24, 2.45) is 0 Å². The molecule has 0 aliphatic heterocycles. The van der Waals surface area contributed by atoms with Crippen molar-refractivity contribution >= 4 is 33.4 Å². The first-order valence-electron chi connectivity index (χ1n) is 7.32. The minimum Gasteiger partial charge on any atom is -0.357 e. The lowest BCUT2D eigenvalue weighted by Gasteiger charge is -2.06. The molecule has 2 aromatic heterocycles. The fourth-order valence-electron chi connectivity index (χ4n) is 2.20. The van der Waals surface area contributed by atoms with Gasteiger partial charge in [-0.2, -0.15) is 0 Å². The fourth-order valence-corrected chi connectivity index (χ4v) is 3.16. The van der Waals surface area contributed by atoms with Crippen LogP contribution in [0.25, 0.3) is 10.2 Å². The van der Waals surface area contributed by atoms with Crippen LogP contribution < -0.4 is 10.6 Å². The number of aromatic nitrogens is 3. The molecule has 0 saturated carbocycles. The Kier molecular flexibility index (Phi) is 4.47. The first-order valence-corrected chi connectivity index (χ1v) is 8.13. The van der Waals surface area contributed by atoms with Gasteiger partial charge < -0.3 is 10.6 Å². The lowest BCUT2D eigenvalue weighted by molar-refractivity contribution is 0.0949. The Hall–Kier alpha value is -2.54. The number of amides is 1. The lowest BCUT2D eigenvalue weighted by Crippen LogP contribution is -2.27. The van der Waals surface area contributed by atoms with Crippen LogP contribution >= 0.6 is 11.3 Å². The van der Waals surface area contributed by atoms with Gasteiger partial charge >= 0.3 is 0 Å². The number of nitrogens with one attached hydrogen (secondary N) is 2. The number of carbonyl (C=O) groups excluding carboxylic acids is 1. The molecule has 0 fully saturated rings. The summed E-state index contributed by atoms with van der Waals surface area (Å²) in [6.45, 7) is 2.36. The highest BCUT2D eigenvalue weighted by molar-refractivity contribution is 7.18. The Labute approximate surface area is 138 Å². The summed E-state index contributed by atoms with van der Waals surface area (Å²) >= 11 is 1.66. The Morgan fingerprint density at radius 1 is 1.22 bits per heavy atom. The second-order valence-electron chi connectivity index (χ2n) is 5.05. The van der Waals surface area contributed by atoms with Crippen molar-refractivity contribution in [1.29, 1.82) is 0 Å². The molecule has 3 rings (SSSR count). The van der Waals surface area contributed by atoms with Gasteiger partial charge in [0.25, 0.3) is 5.91 Å². The Bertz CT molecular complexity index is 812. The molecule has 0 aliphatic rings. The van der Waals surface area contributed by atoms with Gasteiger partial charge in [0.1, 0.15) is 5.69 Å². The van der Waals surface area contributed by atoms with E-state index in [1.54, 1.807) is 24.5 Å². The summed E-state index contributed by atoms with van der Waals surface area (Å²) in [6.07, 6.45) is 0.702. The number of hydrogen-bond acceptors (Lipinski definition) is 6. The molecular weight excluding hydrogens is 310 g/mol. The molecule has 7 heteroatoms. The van der Waals surface area contributed by atoms with E-state index >= 15 is 0 Å². The number of hydrogen-bond donors (Lipinski definition) is 2. The number of thiazole rings is 1. The van der Waals surface area contributed by atoms with E-state index in [4.69, 9.17) is 0 Å². The van der Waals surface area contributed by atoms with Crippen molar-refractivity contribution in [2.75, 3.05) is 18.9 Å². The molecule has 0 saturated heterocycles. The summed E-state index contributed by atoms with van der Waals surface area (Å²) in [6, 6.07) is 9.70. The SMILES string of the molecule is CNc1nc(C)cc(C(=O)NCCc2nc3ccccc3s2)n1. The predicted molar refractivity (Wildman–Crippen MR) is 92.0 cm³/mol. The first kappa shape index (κ1) is 15.4. The van der Waals surface area contributed by atoms with Gasteiger partial charge in [-0.25, -0.2) is 15.0 Å². The highest BCUT2D eigenvalue weighted by atomic mass is 32.1. The summed E-state index contributed by atoms with van der Waals surface area (Å²) < 4.78 is 1.17. The number of benzene rings is 1. The van der Waals surface area contributed by atoms with Crippen LogP contribution in [0.1, 0.15) is 21.2 Å². The van der Waals surface area contributed by atoms with Crippen LogP contribution in [0.2, 0.25) is 0 Å². The third-order valence-electron chi connectivity index (χ3n) is 3.27. The van der Waals surface area contributed by atoms with E-state index in [9.17, 15) is 4.79 Å². The van der Waals surface area contributed by atoms with Crippen LogP contribution in [-0.4, -0.2) is 34.5 Å². The summed E-state index contributed by atoms with van der Waals surface area (Å²) in [7, 11) is 1.73. The average molecular weight is 327 g/mol. The monoisotopic (exact) mass is 327 g/mol. The highest BCUT2D eigenvalue weighted by Gasteiger charge is 2.10. The average Bonchev–Trinajstić information content (AvgIpc) is 2.96. The number of anilines is 1. The van der Waals surface area contributed by atoms with Crippen LogP contribution in [0.15, 0.2) is 30.3 Å². The molecule has 0 radical (unpaired) electrons. The van der Waals surface area contributed by atoms with Gasteiger partial charge in [0.05, 0.1) is 15.2 Å². The van der Waals surface area contributed by atoms with Crippen molar-refractivity contribution in [3.05, 3.63) is 46.7 Å². The molecule has 2 N–H and O–H groups in total. The molecule has 1 aromatic carbocycles. The Balaban J connectivity index is 1.61. The van der Waals surface area contributed by atoms with Crippen molar-refractivity contribution in [1.82, 2.24) is 20.3 Å². The topological polar surface area (TPSA) is 79.8 Å². The van der Waals surface area contributed by atoms with Crippen LogP contribution in [-0.2, 0) is 6.42 Å². The molecule has 1 amide bonds. The van der Waals surface area contributed by atoms with Crippen molar-refractivity contribution < 1.29 is 4.79 Å². The van der Waals surface area contributed by atoms with Gasteiger partial charge in [0.2, 0.25) is 5.95 Å². The van der Waals surface area contributed by atoms with Gasteiger partial charge in [-0.1, -0.05) is 12.1 Å². The zero-order valence-corrected chi connectivity index (χ0v) is 13.8. The van der Waals surface area contributed by atoms with E-state index in [2.05, 4.69) is 31.7 Å². The molecule has 0 unspecified atom stereocenters. The standard InChI is InChI=1S/C16H17N5OS/c1-10-9-12(21-16(17-2)19-10)15(22)18-8-7-14-20-11-5-3-4-6-13(11)23-14/h3-6,9H,7-8H2,1-2H3,(H,18,22)(H,17,19,21). The van der Waals surface area contributed by atoms with E-state index in [0.29, 0.717) is 24.6 Å². The first-order chi connectivity index (χ1) is 11.2. The Morgan fingerprint density at radius 2 is 2.04 bits per heavy atom. The van der Waals surface area contributed by atoms with E-state index in [1.165, 1.54) is 4.70 Å². The van der Waals surface area contributed by atoms with Crippen molar-refractivity contribution in [3.63, 3.8) is 0 Å². The largest absolute Gasteiger partial charge is 0.357 e. The number of nitrogens with zero attached hydrogens (tertiary/aromatic N) is 3. The second-order valence-corrected chi connectivity index (χ2v) is 6.16. The molecule has 3 aromatic rings. The molecular formula is C16H17N5OS. The number of aryl methyl sites for hydroxylation is 1. The van der Waals surface area contributed by atoms with Gasteiger partial charge in [0, 0.05) is 25.7 Å². The van der Waals surface area contributed by atoms with E-state index < -0.39 is 0 Å². The molecule has 6 nitrogen and oxygen atoms in total. The van der Waals surface area contributed by atoms with Gasteiger partial charge in [0.15, 0.2) is 0 Å². The number of carbonyl (C=O) groups is 1. The summed E-state index contributed by atoms with van der Waals surface area (Å²) in [4.78, 5) is 25.1. The van der Waals surface area contributed by atoms with Crippen LogP contribution in [0, 0.1) is 6.92 Å². The maximum Gasteiger partial charge on any atom is 0.270 e. The van der Waals surface area contributed by atoms with Gasteiger partial charge in [-0.15, -0.1) is 11.3 Å². The van der Waals surface area contributed by atoms with Gasteiger partial charge in [-0.05, 0) is 25.1 Å². The number of fused-ring (bicyclic) bond motifs is 1. The van der Waals surface area contributed by atoms with E-state index in [1.807, 2.05) is 25.1 Å². The molecule has 118 valence electrons. The third-order valence-corrected chi connectivity index (χ3v) is 4.37. The lowest BCUT2D eigenvalue weighted by atomic mass is 10.3. The normalized spacial score (nSPS) is 10.7. The van der Waals surface area contributed by atoms with Crippen LogP contribution in [0.5, 0.6) is 0 Å². The fraction of sp³-hybridized carbons (Fsp3) is 0.250. The van der Waals surface area contributed by atoms with E-state index in [0.717, 1.165) is 16.2 Å². The summed E-state index contributed by atoms with van der Waals surface area (Å²) in [5.41, 5.74) is 2.12. The maximum absolute atomic E-state index is 12.2. The summed E-state index contributed by atoms with van der Waals surface area (Å²) in [5, 5.41) is 6.74. The van der Waals surface area contributed by atoms with E-state index in [-0.39, 0.29) is 5.91 Å². The minimum absolute atomic E-state index is 0.201. The highest BCUT2D eigenvalue weighted by Crippen LogP contribution is 2.21. The quantitative estimate of drug-likeness (QED) is 0.752. The minimum atomic E-state index is -0.201. The van der Waals surface area contributed by atoms with Crippen LogP contribution in [0.3, 0.4) is 0 Å². The van der Waals surface area contributed by atoms with Crippen molar-refractivity contribution in [2.45, 2.75) is 13.3 Å². The third kappa shape index (κ3) is 3.62. The number of rotatable bonds is 5. The smallest absolute Gasteiger partial charge is 0.270 e. The molecule has 0 atom stereocenters. The predicted octanol–water partition coefficient (Wildman–Crippen LogP) is 2.41. The van der Waals surface area contributed by atoms with Gasteiger partial charge in [-0.3, -0.25) is 4.79 Å². The molecule has 0 bridgehead atoms. The van der Waals surface area contributed by atoms with Crippen molar-refractivity contribution in [3.8, 4) is 0 Å². The summed E-state index contributed by atoms with van der Waals surface area (Å²) in [5.74, 6) is 0.245. The number of para-hydroxylation sites is 1. The molecule has 0 aliphatic carbocycles.